The summed E-state index contributed by atoms with van der Waals surface area (Å²) in [6.45, 7) is 0. The molecular formula is C5H8Cl2O2S. The van der Waals surface area contributed by atoms with E-state index in [0.717, 1.165) is 0 Å². The summed E-state index contributed by atoms with van der Waals surface area (Å²) >= 11 is 11.2. The largest absolute Gasteiger partial charge is 0.227 e. The van der Waals surface area contributed by atoms with Crippen LogP contribution in [-0.4, -0.2) is 24.3 Å². The fourth-order valence-electron chi connectivity index (χ4n) is 0.886. The van der Waals surface area contributed by atoms with E-state index < -0.39 is 14.5 Å². The van der Waals surface area contributed by atoms with Crippen molar-refractivity contribution in [1.29, 1.82) is 0 Å². The predicted molar refractivity (Wildman–Crippen MR) is 42.3 cm³/mol. The van der Waals surface area contributed by atoms with E-state index >= 15 is 0 Å². The molecule has 2 unspecified atom stereocenters. The first kappa shape index (κ1) is 8.62. The second-order valence-corrected chi connectivity index (χ2v) is 6.10. The van der Waals surface area contributed by atoms with Gasteiger partial charge < -0.3 is 0 Å². The molecule has 0 saturated carbocycles. The van der Waals surface area contributed by atoms with Crippen LogP contribution in [-0.2, 0) is 9.84 Å². The zero-order chi connectivity index (χ0) is 7.78. The lowest BCUT2D eigenvalue weighted by atomic mass is 10.2. The number of rotatable bonds is 0. The summed E-state index contributed by atoms with van der Waals surface area (Å²) in [4.78, 5) is 0. The van der Waals surface area contributed by atoms with Crippen LogP contribution >= 0.6 is 23.2 Å². The Kier molecular flexibility index (Phi) is 2.48. The molecule has 0 N–H and O–H groups in total. The Bertz CT molecular complexity index is 212. The van der Waals surface area contributed by atoms with Gasteiger partial charge in [-0.05, 0) is 12.8 Å². The first-order chi connectivity index (χ1) is 4.52. The maximum atomic E-state index is 10.9. The number of sulfone groups is 1. The van der Waals surface area contributed by atoms with E-state index in [1.807, 2.05) is 0 Å². The summed E-state index contributed by atoms with van der Waals surface area (Å²) in [5, 5.41) is -0.0639. The van der Waals surface area contributed by atoms with Gasteiger partial charge in [-0.2, -0.15) is 0 Å². The summed E-state index contributed by atoms with van der Waals surface area (Å²) in [5.41, 5.74) is 0. The molecule has 1 fully saturated rings. The van der Waals surface area contributed by atoms with Gasteiger partial charge in [0.25, 0.3) is 0 Å². The van der Waals surface area contributed by atoms with Crippen LogP contribution in [0.25, 0.3) is 0 Å². The molecule has 1 aliphatic heterocycles. The molecule has 1 saturated heterocycles. The molecule has 10 heavy (non-hydrogen) atoms. The fourth-order valence-corrected chi connectivity index (χ4v) is 3.38. The zero-order valence-corrected chi connectivity index (χ0v) is 7.59. The van der Waals surface area contributed by atoms with Crippen molar-refractivity contribution < 1.29 is 8.42 Å². The summed E-state index contributed by atoms with van der Waals surface area (Å²) in [6, 6.07) is 0. The first-order valence-electron chi connectivity index (χ1n) is 3.02. The van der Waals surface area contributed by atoms with E-state index in [0.29, 0.717) is 12.8 Å². The smallest absolute Gasteiger partial charge is 0.167 e. The molecule has 1 aliphatic rings. The topological polar surface area (TPSA) is 34.1 Å². The summed E-state index contributed by atoms with van der Waals surface area (Å²) in [6.07, 6.45) is 0.915. The van der Waals surface area contributed by atoms with Gasteiger partial charge in [0.15, 0.2) is 9.84 Å². The molecule has 2 atom stereocenters. The normalized spacial score (nSPS) is 39.4. The molecule has 5 heteroatoms. The van der Waals surface area contributed by atoms with Crippen molar-refractivity contribution in [3.63, 3.8) is 0 Å². The monoisotopic (exact) mass is 202 g/mol. The Morgan fingerprint density at radius 1 is 1.30 bits per heavy atom. The quantitative estimate of drug-likeness (QED) is 0.557. The fraction of sp³-hybridized carbons (Fsp3) is 1.00. The third-order valence-electron chi connectivity index (χ3n) is 1.55. The van der Waals surface area contributed by atoms with Crippen LogP contribution in [0.5, 0.6) is 0 Å². The first-order valence-corrected chi connectivity index (χ1v) is 5.61. The molecule has 0 bridgehead atoms. The molecule has 0 aromatic rings. The third-order valence-corrected chi connectivity index (χ3v) is 4.71. The van der Waals surface area contributed by atoms with E-state index in [4.69, 9.17) is 23.2 Å². The molecule has 0 radical (unpaired) electrons. The minimum absolute atomic E-state index is 0.0639. The molecule has 0 aromatic heterocycles. The van der Waals surface area contributed by atoms with Crippen LogP contribution in [0.1, 0.15) is 12.8 Å². The van der Waals surface area contributed by atoms with Gasteiger partial charge in [0.05, 0.1) is 5.75 Å². The van der Waals surface area contributed by atoms with Crippen molar-refractivity contribution in [2.75, 3.05) is 5.75 Å². The lowest BCUT2D eigenvalue weighted by Crippen LogP contribution is -2.29. The molecule has 0 aromatic carbocycles. The van der Waals surface area contributed by atoms with Gasteiger partial charge >= 0.3 is 0 Å². The van der Waals surface area contributed by atoms with Crippen molar-refractivity contribution >= 4 is 33.0 Å². The SMILES string of the molecule is O=S1(=O)CCC(Cl)CC1Cl. The molecule has 0 spiro atoms. The van der Waals surface area contributed by atoms with Gasteiger partial charge in [-0.15, -0.1) is 23.2 Å². The van der Waals surface area contributed by atoms with E-state index in [2.05, 4.69) is 0 Å². The van der Waals surface area contributed by atoms with Crippen molar-refractivity contribution in [1.82, 2.24) is 0 Å². The van der Waals surface area contributed by atoms with Gasteiger partial charge in [0.1, 0.15) is 4.71 Å². The summed E-state index contributed by atoms with van der Waals surface area (Å²) in [5.74, 6) is 0.134. The standard InChI is InChI=1S/C5H8Cl2O2S/c6-4-1-2-10(8,9)5(7)3-4/h4-5H,1-3H2. The highest BCUT2D eigenvalue weighted by molar-refractivity contribution is 7.93. The van der Waals surface area contributed by atoms with Crippen molar-refractivity contribution in [3.8, 4) is 0 Å². The van der Waals surface area contributed by atoms with Crippen molar-refractivity contribution in [2.45, 2.75) is 22.9 Å². The Morgan fingerprint density at radius 3 is 2.30 bits per heavy atom. The minimum Gasteiger partial charge on any atom is -0.227 e. The Balaban J connectivity index is 2.70. The average Bonchev–Trinajstić information content (AvgIpc) is 1.81. The molecule has 0 amide bonds. The molecule has 1 rings (SSSR count). The molecular weight excluding hydrogens is 195 g/mol. The molecule has 0 aliphatic carbocycles. The van der Waals surface area contributed by atoms with E-state index in [-0.39, 0.29) is 11.1 Å². The van der Waals surface area contributed by atoms with E-state index in [1.54, 1.807) is 0 Å². The number of hydrogen-bond acceptors (Lipinski definition) is 2. The maximum Gasteiger partial charge on any atom is 0.167 e. The predicted octanol–water partition coefficient (Wildman–Crippen LogP) is 1.37. The Labute approximate surface area is 70.4 Å². The third kappa shape index (κ3) is 1.77. The van der Waals surface area contributed by atoms with Gasteiger partial charge in [0.2, 0.25) is 0 Å². The molecule has 2 nitrogen and oxygen atoms in total. The molecule has 60 valence electrons. The maximum absolute atomic E-state index is 10.9. The minimum atomic E-state index is -3.01. The van der Waals surface area contributed by atoms with E-state index in [9.17, 15) is 8.42 Å². The highest BCUT2D eigenvalue weighted by atomic mass is 35.5. The van der Waals surface area contributed by atoms with Gasteiger partial charge in [-0.1, -0.05) is 0 Å². The lowest BCUT2D eigenvalue weighted by Gasteiger charge is -2.20. The highest BCUT2D eigenvalue weighted by Gasteiger charge is 2.31. The summed E-state index contributed by atoms with van der Waals surface area (Å²) in [7, 11) is -3.01. The van der Waals surface area contributed by atoms with Crippen molar-refractivity contribution in [2.24, 2.45) is 0 Å². The van der Waals surface area contributed by atoms with Gasteiger partial charge in [-0.3, -0.25) is 0 Å². The van der Waals surface area contributed by atoms with Crippen LogP contribution in [0.2, 0.25) is 0 Å². The second-order valence-electron chi connectivity index (χ2n) is 2.40. The highest BCUT2D eigenvalue weighted by Crippen LogP contribution is 2.25. The number of alkyl halides is 2. The summed E-state index contributed by atoms with van der Waals surface area (Å²) < 4.78 is 21.1. The average molecular weight is 203 g/mol. The van der Waals surface area contributed by atoms with Crippen LogP contribution in [0, 0.1) is 0 Å². The van der Waals surface area contributed by atoms with Crippen LogP contribution < -0.4 is 0 Å². The second kappa shape index (κ2) is 2.88. The van der Waals surface area contributed by atoms with Gasteiger partial charge in [0, 0.05) is 5.38 Å². The van der Waals surface area contributed by atoms with Crippen LogP contribution in [0.15, 0.2) is 0 Å². The molecule has 1 heterocycles. The van der Waals surface area contributed by atoms with Crippen molar-refractivity contribution in [3.05, 3.63) is 0 Å². The Morgan fingerprint density at radius 2 is 1.90 bits per heavy atom. The number of halogens is 2. The van der Waals surface area contributed by atoms with Crippen LogP contribution in [0.4, 0.5) is 0 Å². The zero-order valence-electron chi connectivity index (χ0n) is 5.26. The van der Waals surface area contributed by atoms with Gasteiger partial charge in [-0.25, -0.2) is 8.42 Å². The lowest BCUT2D eigenvalue weighted by molar-refractivity contribution is 0.569. The number of hydrogen-bond donors (Lipinski definition) is 0. The van der Waals surface area contributed by atoms with Crippen LogP contribution in [0.3, 0.4) is 0 Å². The Hall–Kier alpha value is 0.530. The van der Waals surface area contributed by atoms with E-state index in [1.165, 1.54) is 0 Å².